The number of carbonyl (C=O) groups is 1. The fraction of sp³-hybridized carbons (Fsp3) is 0.500. The number of benzene rings is 1. The Bertz CT molecular complexity index is 443. The van der Waals surface area contributed by atoms with Gasteiger partial charge in [0.15, 0.2) is 0 Å². The lowest BCUT2D eigenvalue weighted by atomic mass is 10.1. The zero-order valence-corrected chi connectivity index (χ0v) is 12.3. The number of ether oxygens (including phenoxy) is 1. The molecule has 0 aromatic heterocycles. The molecule has 1 unspecified atom stereocenters. The molecule has 0 heterocycles. The second kappa shape index (κ2) is 5.74. The summed E-state index contributed by atoms with van der Waals surface area (Å²) in [4.78, 5) is 12.1. The Balaban J connectivity index is 1.98. The predicted octanol–water partition coefficient (Wildman–Crippen LogP) is 3.23. The van der Waals surface area contributed by atoms with Crippen LogP contribution in [0.2, 0.25) is 0 Å². The van der Waals surface area contributed by atoms with Crippen LogP contribution in [0, 0.1) is 11.8 Å². The van der Waals surface area contributed by atoms with Crippen molar-refractivity contribution in [3.63, 3.8) is 0 Å². The van der Waals surface area contributed by atoms with Gasteiger partial charge in [-0.3, -0.25) is 4.79 Å². The monoisotopic (exact) mass is 311 g/mol. The SMILES string of the molecule is COc1ccc(Br)c(C(=O)NCC(C)C2CC2)c1. The quantitative estimate of drug-likeness (QED) is 0.906. The van der Waals surface area contributed by atoms with E-state index in [1.165, 1.54) is 12.8 Å². The van der Waals surface area contributed by atoms with Crippen molar-refractivity contribution in [2.24, 2.45) is 11.8 Å². The first-order chi connectivity index (χ1) is 8.61. The van der Waals surface area contributed by atoms with Crippen molar-refractivity contribution >= 4 is 21.8 Å². The van der Waals surface area contributed by atoms with Crippen LogP contribution in [0.15, 0.2) is 22.7 Å². The second-order valence-electron chi connectivity index (χ2n) is 4.87. The van der Waals surface area contributed by atoms with Gasteiger partial charge in [0.25, 0.3) is 5.91 Å². The molecule has 1 aliphatic rings. The van der Waals surface area contributed by atoms with E-state index in [2.05, 4.69) is 28.2 Å². The highest BCUT2D eigenvalue weighted by Gasteiger charge is 2.28. The van der Waals surface area contributed by atoms with Gasteiger partial charge >= 0.3 is 0 Å². The zero-order valence-electron chi connectivity index (χ0n) is 10.7. The van der Waals surface area contributed by atoms with Crippen LogP contribution in [-0.2, 0) is 0 Å². The molecule has 1 aromatic rings. The Kier molecular flexibility index (Phi) is 4.27. The Morgan fingerprint density at radius 2 is 2.28 bits per heavy atom. The normalized spacial score (nSPS) is 16.2. The highest BCUT2D eigenvalue weighted by Crippen LogP contribution is 2.36. The van der Waals surface area contributed by atoms with Gasteiger partial charge in [-0.1, -0.05) is 6.92 Å². The number of nitrogens with one attached hydrogen (secondary N) is 1. The molecular formula is C14H18BrNO2. The molecule has 0 spiro atoms. The fourth-order valence-corrected chi connectivity index (χ4v) is 2.41. The summed E-state index contributed by atoms with van der Waals surface area (Å²) >= 11 is 3.39. The number of carbonyl (C=O) groups excluding carboxylic acids is 1. The molecule has 2 rings (SSSR count). The molecule has 18 heavy (non-hydrogen) atoms. The average Bonchev–Trinajstić information content (AvgIpc) is 3.20. The standard InChI is InChI=1S/C14H18BrNO2/c1-9(10-3-4-10)8-16-14(17)12-7-11(18-2)5-6-13(12)15/h5-7,9-10H,3-4,8H2,1-2H3,(H,16,17). The van der Waals surface area contributed by atoms with E-state index >= 15 is 0 Å². The van der Waals surface area contributed by atoms with E-state index in [1.807, 2.05) is 12.1 Å². The van der Waals surface area contributed by atoms with Gasteiger partial charge in [-0.05, 0) is 58.8 Å². The molecule has 4 heteroatoms. The predicted molar refractivity (Wildman–Crippen MR) is 74.9 cm³/mol. The van der Waals surface area contributed by atoms with Crippen LogP contribution in [0.25, 0.3) is 0 Å². The molecule has 0 radical (unpaired) electrons. The van der Waals surface area contributed by atoms with Gasteiger partial charge < -0.3 is 10.1 Å². The van der Waals surface area contributed by atoms with Gasteiger partial charge in [-0.2, -0.15) is 0 Å². The lowest BCUT2D eigenvalue weighted by Crippen LogP contribution is -2.29. The average molecular weight is 312 g/mol. The van der Waals surface area contributed by atoms with Crippen LogP contribution < -0.4 is 10.1 Å². The Hall–Kier alpha value is -1.03. The summed E-state index contributed by atoms with van der Waals surface area (Å²) in [6.07, 6.45) is 2.61. The van der Waals surface area contributed by atoms with Gasteiger partial charge in [-0.25, -0.2) is 0 Å². The number of hydrogen-bond donors (Lipinski definition) is 1. The summed E-state index contributed by atoms with van der Waals surface area (Å²) in [5.74, 6) is 2.02. The van der Waals surface area contributed by atoms with Crippen molar-refractivity contribution in [3.8, 4) is 5.75 Å². The molecular weight excluding hydrogens is 294 g/mol. The van der Waals surface area contributed by atoms with Crippen molar-refractivity contribution in [1.82, 2.24) is 5.32 Å². The van der Waals surface area contributed by atoms with Gasteiger partial charge in [-0.15, -0.1) is 0 Å². The summed E-state index contributed by atoms with van der Waals surface area (Å²) in [6.45, 7) is 2.94. The van der Waals surface area contributed by atoms with Gasteiger partial charge in [0.2, 0.25) is 0 Å². The summed E-state index contributed by atoms with van der Waals surface area (Å²) < 4.78 is 5.92. The van der Waals surface area contributed by atoms with Crippen LogP contribution in [-0.4, -0.2) is 19.6 Å². The maximum atomic E-state index is 12.1. The minimum Gasteiger partial charge on any atom is -0.497 e. The summed E-state index contributed by atoms with van der Waals surface area (Å²) in [5.41, 5.74) is 0.623. The number of amides is 1. The Labute approximate surface area is 116 Å². The third-order valence-corrected chi connectivity index (χ3v) is 4.12. The first kappa shape index (κ1) is 13.4. The van der Waals surface area contributed by atoms with Crippen LogP contribution in [0.1, 0.15) is 30.1 Å². The third kappa shape index (κ3) is 3.25. The molecule has 0 aliphatic heterocycles. The van der Waals surface area contributed by atoms with E-state index in [1.54, 1.807) is 13.2 Å². The second-order valence-corrected chi connectivity index (χ2v) is 5.72. The molecule has 1 aliphatic carbocycles. The first-order valence-corrected chi connectivity index (χ1v) is 7.03. The van der Waals surface area contributed by atoms with Crippen LogP contribution in [0.3, 0.4) is 0 Å². The molecule has 0 saturated heterocycles. The number of rotatable bonds is 5. The molecule has 1 aromatic carbocycles. The van der Waals surface area contributed by atoms with E-state index in [-0.39, 0.29) is 5.91 Å². The van der Waals surface area contributed by atoms with Crippen LogP contribution in [0.4, 0.5) is 0 Å². The van der Waals surface area contributed by atoms with E-state index in [0.717, 1.165) is 16.9 Å². The lowest BCUT2D eigenvalue weighted by molar-refractivity contribution is 0.0945. The smallest absolute Gasteiger partial charge is 0.252 e. The minimum atomic E-state index is -0.0479. The van der Waals surface area contributed by atoms with E-state index in [9.17, 15) is 4.79 Å². The Morgan fingerprint density at radius 3 is 2.89 bits per heavy atom. The molecule has 0 bridgehead atoms. The van der Waals surface area contributed by atoms with Gasteiger partial charge in [0.05, 0.1) is 12.7 Å². The van der Waals surface area contributed by atoms with Crippen molar-refractivity contribution in [1.29, 1.82) is 0 Å². The summed E-state index contributed by atoms with van der Waals surface area (Å²) in [5, 5.41) is 2.99. The summed E-state index contributed by atoms with van der Waals surface area (Å²) in [6, 6.07) is 5.41. The fourth-order valence-electron chi connectivity index (χ4n) is 1.99. The maximum Gasteiger partial charge on any atom is 0.252 e. The van der Waals surface area contributed by atoms with E-state index in [0.29, 0.717) is 17.2 Å². The first-order valence-electron chi connectivity index (χ1n) is 6.23. The molecule has 98 valence electrons. The third-order valence-electron chi connectivity index (χ3n) is 3.43. The zero-order chi connectivity index (χ0) is 13.1. The Morgan fingerprint density at radius 1 is 1.56 bits per heavy atom. The topological polar surface area (TPSA) is 38.3 Å². The van der Waals surface area contributed by atoms with Crippen molar-refractivity contribution in [3.05, 3.63) is 28.2 Å². The van der Waals surface area contributed by atoms with Gasteiger partial charge in [0, 0.05) is 11.0 Å². The lowest BCUT2D eigenvalue weighted by Gasteiger charge is -2.12. The van der Waals surface area contributed by atoms with Crippen molar-refractivity contribution in [2.45, 2.75) is 19.8 Å². The molecule has 1 atom stereocenters. The van der Waals surface area contributed by atoms with Crippen LogP contribution >= 0.6 is 15.9 Å². The highest BCUT2D eigenvalue weighted by molar-refractivity contribution is 9.10. The van der Waals surface area contributed by atoms with Crippen LogP contribution in [0.5, 0.6) is 5.75 Å². The number of hydrogen-bond acceptors (Lipinski definition) is 2. The largest absolute Gasteiger partial charge is 0.497 e. The van der Waals surface area contributed by atoms with Crippen molar-refractivity contribution < 1.29 is 9.53 Å². The van der Waals surface area contributed by atoms with E-state index < -0.39 is 0 Å². The van der Waals surface area contributed by atoms with E-state index in [4.69, 9.17) is 4.74 Å². The molecule has 1 amide bonds. The highest BCUT2D eigenvalue weighted by atomic mass is 79.9. The minimum absolute atomic E-state index is 0.0479. The number of methoxy groups -OCH3 is 1. The molecule has 1 saturated carbocycles. The molecule has 1 N–H and O–H groups in total. The van der Waals surface area contributed by atoms with Gasteiger partial charge in [0.1, 0.15) is 5.75 Å². The molecule has 3 nitrogen and oxygen atoms in total. The molecule has 1 fully saturated rings. The number of halogens is 1. The maximum absolute atomic E-state index is 12.1. The van der Waals surface area contributed by atoms with Crippen molar-refractivity contribution in [2.75, 3.05) is 13.7 Å². The summed E-state index contributed by atoms with van der Waals surface area (Å²) in [7, 11) is 1.60.